The van der Waals surface area contributed by atoms with Crippen LogP contribution >= 0.6 is 0 Å². The first-order chi connectivity index (χ1) is 7.63. The average Bonchev–Trinajstić information content (AvgIpc) is 2.28. The molecule has 0 amide bonds. The first kappa shape index (κ1) is 12.2. The Morgan fingerprint density at radius 1 is 1.38 bits per heavy atom. The first-order valence-corrected chi connectivity index (χ1v) is 6.91. The molecule has 0 saturated heterocycles. The normalized spacial score (nSPS) is 41.1. The minimum Gasteiger partial charge on any atom is -0.396 e. The number of rotatable bonds is 2. The highest BCUT2D eigenvalue weighted by Gasteiger charge is 2.39. The second-order valence-electron chi connectivity index (χ2n) is 6.17. The zero-order valence-corrected chi connectivity index (χ0v) is 10.9. The summed E-state index contributed by atoms with van der Waals surface area (Å²) >= 11 is 0. The molecule has 92 valence electrons. The third-order valence-corrected chi connectivity index (χ3v) is 5.04. The van der Waals surface area contributed by atoms with Crippen molar-refractivity contribution in [3.05, 3.63) is 11.6 Å². The molecule has 1 nitrogen and oxygen atoms in total. The zero-order valence-electron chi connectivity index (χ0n) is 10.9. The van der Waals surface area contributed by atoms with Crippen LogP contribution in [0.25, 0.3) is 0 Å². The van der Waals surface area contributed by atoms with Crippen LogP contribution in [0, 0.1) is 29.6 Å². The zero-order chi connectivity index (χ0) is 11.7. The molecule has 3 unspecified atom stereocenters. The average molecular weight is 222 g/mol. The first-order valence-electron chi connectivity index (χ1n) is 6.91. The third-order valence-electron chi connectivity index (χ3n) is 5.04. The lowest BCUT2D eigenvalue weighted by atomic mass is 9.60. The Hall–Kier alpha value is -0.300. The molecule has 0 bridgehead atoms. The monoisotopic (exact) mass is 222 g/mol. The van der Waals surface area contributed by atoms with E-state index in [1.54, 1.807) is 5.57 Å². The molecular weight excluding hydrogens is 196 g/mol. The van der Waals surface area contributed by atoms with E-state index in [9.17, 15) is 5.11 Å². The molecule has 0 aromatic heterocycles. The molecule has 0 radical (unpaired) electrons. The molecule has 16 heavy (non-hydrogen) atoms. The molecule has 1 fully saturated rings. The Kier molecular flexibility index (Phi) is 3.73. The second-order valence-corrected chi connectivity index (χ2v) is 6.17. The van der Waals surface area contributed by atoms with Crippen molar-refractivity contribution in [2.75, 3.05) is 6.61 Å². The third kappa shape index (κ3) is 2.20. The van der Waals surface area contributed by atoms with Gasteiger partial charge in [-0.25, -0.2) is 0 Å². The van der Waals surface area contributed by atoms with Gasteiger partial charge in [-0.15, -0.1) is 0 Å². The molecular formula is C15H26O. The van der Waals surface area contributed by atoms with Crippen molar-refractivity contribution < 1.29 is 5.11 Å². The topological polar surface area (TPSA) is 20.2 Å². The van der Waals surface area contributed by atoms with Crippen LogP contribution in [0.3, 0.4) is 0 Å². The molecule has 1 N–H and O–H groups in total. The minimum absolute atomic E-state index is 0.356. The van der Waals surface area contributed by atoms with Crippen molar-refractivity contribution in [2.45, 2.75) is 46.5 Å². The maximum Gasteiger partial charge on any atom is 0.0459 e. The van der Waals surface area contributed by atoms with Gasteiger partial charge in [0.15, 0.2) is 0 Å². The van der Waals surface area contributed by atoms with E-state index < -0.39 is 0 Å². The fourth-order valence-corrected chi connectivity index (χ4v) is 3.89. The van der Waals surface area contributed by atoms with Gasteiger partial charge in [0.1, 0.15) is 0 Å². The summed E-state index contributed by atoms with van der Waals surface area (Å²) in [5.74, 6) is 3.72. The van der Waals surface area contributed by atoms with Gasteiger partial charge in [-0.2, -0.15) is 0 Å². The fraction of sp³-hybridized carbons (Fsp3) is 0.867. The van der Waals surface area contributed by atoms with E-state index in [1.165, 1.54) is 25.7 Å². The van der Waals surface area contributed by atoms with Crippen molar-refractivity contribution >= 4 is 0 Å². The van der Waals surface area contributed by atoms with Gasteiger partial charge < -0.3 is 5.11 Å². The van der Waals surface area contributed by atoms with Crippen LogP contribution in [0.4, 0.5) is 0 Å². The Morgan fingerprint density at radius 2 is 2.12 bits per heavy atom. The number of allylic oxidation sites excluding steroid dienone is 2. The van der Waals surface area contributed by atoms with E-state index in [4.69, 9.17) is 0 Å². The maximum absolute atomic E-state index is 9.39. The van der Waals surface area contributed by atoms with Crippen LogP contribution in [-0.4, -0.2) is 11.7 Å². The Bertz CT molecular complexity index is 269. The van der Waals surface area contributed by atoms with Gasteiger partial charge >= 0.3 is 0 Å². The molecule has 2 rings (SSSR count). The summed E-state index contributed by atoms with van der Waals surface area (Å²) in [6.45, 7) is 7.27. The largest absolute Gasteiger partial charge is 0.396 e. The summed E-state index contributed by atoms with van der Waals surface area (Å²) in [4.78, 5) is 0. The summed E-state index contributed by atoms with van der Waals surface area (Å²) in [7, 11) is 0. The van der Waals surface area contributed by atoms with Crippen LogP contribution in [-0.2, 0) is 0 Å². The molecule has 0 aromatic rings. The number of aliphatic hydroxyl groups is 1. The van der Waals surface area contributed by atoms with Crippen LogP contribution in [0.2, 0.25) is 0 Å². The number of hydrogen-bond donors (Lipinski definition) is 1. The summed E-state index contributed by atoms with van der Waals surface area (Å²) in [5.41, 5.74) is 1.57. The quantitative estimate of drug-likeness (QED) is 0.707. The van der Waals surface area contributed by atoms with E-state index in [-0.39, 0.29) is 0 Å². The van der Waals surface area contributed by atoms with Crippen molar-refractivity contribution in [1.29, 1.82) is 0 Å². The Labute approximate surface area is 99.9 Å². The van der Waals surface area contributed by atoms with Crippen LogP contribution in [0.1, 0.15) is 46.5 Å². The Morgan fingerprint density at radius 3 is 2.81 bits per heavy atom. The molecule has 0 aromatic carbocycles. The summed E-state index contributed by atoms with van der Waals surface area (Å²) in [6.07, 6.45) is 7.88. The highest BCUT2D eigenvalue weighted by atomic mass is 16.3. The highest BCUT2D eigenvalue weighted by molar-refractivity contribution is 5.11. The number of fused-ring (bicyclic) bond motifs is 1. The molecule has 0 spiro atoms. The van der Waals surface area contributed by atoms with Crippen molar-refractivity contribution in [2.24, 2.45) is 29.6 Å². The van der Waals surface area contributed by atoms with Crippen LogP contribution < -0.4 is 0 Å². The molecule has 2 aliphatic carbocycles. The van der Waals surface area contributed by atoms with Gasteiger partial charge in [0.25, 0.3) is 0 Å². The number of hydrogen-bond acceptors (Lipinski definition) is 1. The van der Waals surface area contributed by atoms with E-state index in [0.29, 0.717) is 12.5 Å². The SMILES string of the molecule is CC1=CC2C(CC1)[C@H](C)CCC2[C@@H](C)CO. The molecule has 0 aliphatic heterocycles. The molecule has 0 heterocycles. The highest BCUT2D eigenvalue weighted by Crippen LogP contribution is 2.47. The van der Waals surface area contributed by atoms with Gasteiger partial charge in [-0.3, -0.25) is 0 Å². The number of aliphatic hydroxyl groups excluding tert-OH is 1. The summed E-state index contributed by atoms with van der Waals surface area (Å²) in [6, 6.07) is 0. The smallest absolute Gasteiger partial charge is 0.0459 e. The molecule has 5 atom stereocenters. The van der Waals surface area contributed by atoms with E-state index in [0.717, 1.165) is 23.7 Å². The van der Waals surface area contributed by atoms with E-state index in [1.807, 2.05) is 0 Å². The van der Waals surface area contributed by atoms with Crippen molar-refractivity contribution in [3.8, 4) is 0 Å². The predicted molar refractivity (Wildman–Crippen MR) is 68.1 cm³/mol. The maximum atomic E-state index is 9.39. The van der Waals surface area contributed by atoms with Crippen LogP contribution in [0.5, 0.6) is 0 Å². The van der Waals surface area contributed by atoms with Gasteiger partial charge in [0.2, 0.25) is 0 Å². The van der Waals surface area contributed by atoms with Gasteiger partial charge in [-0.05, 0) is 55.8 Å². The van der Waals surface area contributed by atoms with Gasteiger partial charge in [-0.1, -0.05) is 31.9 Å². The lowest BCUT2D eigenvalue weighted by Gasteiger charge is -2.45. The van der Waals surface area contributed by atoms with Gasteiger partial charge in [0, 0.05) is 6.61 Å². The van der Waals surface area contributed by atoms with E-state index >= 15 is 0 Å². The summed E-state index contributed by atoms with van der Waals surface area (Å²) < 4.78 is 0. The van der Waals surface area contributed by atoms with Crippen molar-refractivity contribution in [1.82, 2.24) is 0 Å². The van der Waals surface area contributed by atoms with Crippen LogP contribution in [0.15, 0.2) is 11.6 Å². The lowest BCUT2D eigenvalue weighted by molar-refractivity contribution is 0.0590. The molecule has 1 saturated carbocycles. The predicted octanol–water partition coefficient (Wildman–Crippen LogP) is 3.63. The Balaban J connectivity index is 2.18. The van der Waals surface area contributed by atoms with Gasteiger partial charge in [0.05, 0.1) is 0 Å². The minimum atomic E-state index is 0.356. The van der Waals surface area contributed by atoms with E-state index in [2.05, 4.69) is 26.8 Å². The second kappa shape index (κ2) is 4.91. The molecule has 1 heteroatoms. The fourth-order valence-electron chi connectivity index (χ4n) is 3.89. The summed E-state index contributed by atoms with van der Waals surface area (Å²) in [5, 5.41) is 9.39. The van der Waals surface area contributed by atoms with Crippen molar-refractivity contribution in [3.63, 3.8) is 0 Å². The standard InChI is InChI=1S/C15H26O/c1-10-4-6-13-11(2)5-7-14(12(3)9-16)15(13)8-10/h8,11-16H,4-7,9H2,1-3H3/t11-,12+,13?,14?,15?/m1/s1. The molecule has 2 aliphatic rings. The lowest BCUT2D eigenvalue weighted by Crippen LogP contribution is -2.38.